The third kappa shape index (κ3) is 4.54. The number of aromatic hydroxyl groups is 2. The fourth-order valence-corrected chi connectivity index (χ4v) is 3.94. The molecule has 0 bridgehead atoms. The zero-order valence-electron chi connectivity index (χ0n) is 14.2. The van der Waals surface area contributed by atoms with Crippen molar-refractivity contribution in [3.8, 4) is 11.5 Å². The van der Waals surface area contributed by atoms with Gasteiger partial charge in [0.25, 0.3) is 10.0 Å². The summed E-state index contributed by atoms with van der Waals surface area (Å²) in [6.45, 7) is 0. The van der Waals surface area contributed by atoms with Gasteiger partial charge in [0.15, 0.2) is 0 Å². The van der Waals surface area contributed by atoms with E-state index in [1.54, 1.807) is 42.5 Å². The van der Waals surface area contributed by atoms with Gasteiger partial charge in [-0.2, -0.15) is 18.4 Å². The van der Waals surface area contributed by atoms with Crippen LogP contribution in [0.4, 0.5) is 0 Å². The van der Waals surface area contributed by atoms with Crippen molar-refractivity contribution >= 4 is 47.6 Å². The molecule has 0 aliphatic heterocycles. The van der Waals surface area contributed by atoms with E-state index in [2.05, 4.69) is 41.8 Å². The lowest BCUT2D eigenvalue weighted by atomic mass is 10.0. The number of nitrogens with one attached hydrogen (secondary N) is 1. The van der Waals surface area contributed by atoms with Crippen LogP contribution < -0.4 is 4.83 Å². The number of hydrogen-bond donors (Lipinski definition) is 3. The maximum absolute atomic E-state index is 12.6. The van der Waals surface area contributed by atoms with E-state index in [9.17, 15) is 18.6 Å². The topological polar surface area (TPSA) is 99.0 Å². The first kappa shape index (κ1) is 20.4. The average Bonchev–Trinajstić information content (AvgIpc) is 2.66. The van der Waals surface area contributed by atoms with Gasteiger partial charge in [0.1, 0.15) is 17.2 Å². The highest BCUT2D eigenvalue weighted by molar-refractivity contribution is 9.10. The Morgan fingerprint density at radius 1 is 0.929 bits per heavy atom. The molecule has 0 aromatic heterocycles. The first-order chi connectivity index (χ1) is 13.3. The molecule has 0 atom stereocenters. The van der Waals surface area contributed by atoms with Crippen LogP contribution in [-0.2, 0) is 10.0 Å². The zero-order chi connectivity index (χ0) is 20.3. The third-order valence-corrected chi connectivity index (χ3v) is 6.11. The lowest BCUT2D eigenvalue weighted by Crippen LogP contribution is -2.21. The fourth-order valence-electron chi connectivity index (χ4n) is 2.41. The Labute approximate surface area is 178 Å². The van der Waals surface area contributed by atoms with Crippen molar-refractivity contribution in [3.63, 3.8) is 0 Å². The van der Waals surface area contributed by atoms with E-state index in [0.717, 1.165) is 4.47 Å². The van der Waals surface area contributed by atoms with Crippen LogP contribution in [0.15, 0.2) is 85.7 Å². The van der Waals surface area contributed by atoms with Crippen molar-refractivity contribution in [1.29, 1.82) is 0 Å². The normalized spacial score (nSPS) is 12.0. The summed E-state index contributed by atoms with van der Waals surface area (Å²) in [7, 11) is -3.94. The molecular formula is C19H14Br2N2O4S. The second-order valence-electron chi connectivity index (χ2n) is 5.70. The summed E-state index contributed by atoms with van der Waals surface area (Å²) in [4.78, 5) is 2.23. The van der Waals surface area contributed by atoms with Crippen molar-refractivity contribution in [2.45, 2.75) is 4.90 Å². The summed E-state index contributed by atoms with van der Waals surface area (Å²) in [5.41, 5.74) is 0.862. The number of hydrazone groups is 1. The van der Waals surface area contributed by atoms with Crippen molar-refractivity contribution in [2.75, 3.05) is 0 Å². The maximum Gasteiger partial charge on any atom is 0.276 e. The quantitative estimate of drug-likeness (QED) is 0.262. The summed E-state index contributed by atoms with van der Waals surface area (Å²) < 4.78 is 26.1. The number of benzene rings is 3. The number of sulfonamides is 1. The average molecular weight is 526 g/mol. The Morgan fingerprint density at radius 3 is 2.21 bits per heavy atom. The van der Waals surface area contributed by atoms with Crippen molar-refractivity contribution in [1.82, 2.24) is 4.83 Å². The Hall–Kier alpha value is -2.36. The molecule has 0 aliphatic carbocycles. The van der Waals surface area contributed by atoms with Crippen LogP contribution in [-0.4, -0.2) is 24.3 Å². The number of phenols is 2. The molecule has 0 aliphatic rings. The third-order valence-electron chi connectivity index (χ3n) is 3.75. The number of hydrogen-bond acceptors (Lipinski definition) is 5. The van der Waals surface area contributed by atoms with Crippen LogP contribution in [0.25, 0.3) is 0 Å². The van der Waals surface area contributed by atoms with E-state index in [1.165, 1.54) is 24.3 Å². The van der Waals surface area contributed by atoms with Gasteiger partial charge in [0, 0.05) is 15.6 Å². The summed E-state index contributed by atoms with van der Waals surface area (Å²) >= 11 is 6.42. The van der Waals surface area contributed by atoms with Crippen LogP contribution in [0.5, 0.6) is 11.5 Å². The van der Waals surface area contributed by atoms with Crippen LogP contribution in [0, 0.1) is 0 Å². The van der Waals surface area contributed by atoms with Gasteiger partial charge in [-0.05, 0) is 52.3 Å². The van der Waals surface area contributed by atoms with Crippen molar-refractivity contribution < 1.29 is 18.6 Å². The SMILES string of the molecule is O=S(=O)(N/N=C(\c1ccccc1)c1cc(O)cc(Br)c1O)c1ccc(Br)cc1. The number of rotatable bonds is 5. The van der Waals surface area contributed by atoms with Gasteiger partial charge in [-0.1, -0.05) is 46.3 Å². The molecule has 6 nitrogen and oxygen atoms in total. The molecule has 9 heteroatoms. The molecule has 3 aromatic carbocycles. The summed E-state index contributed by atoms with van der Waals surface area (Å²) in [5, 5.41) is 24.4. The number of phenolic OH excluding ortho intramolecular Hbond substituents is 2. The first-order valence-corrected chi connectivity index (χ1v) is 11.0. The molecule has 0 heterocycles. The fraction of sp³-hybridized carbons (Fsp3) is 0. The first-order valence-electron chi connectivity index (χ1n) is 7.90. The van der Waals surface area contributed by atoms with E-state index in [-0.39, 0.29) is 32.1 Å². The van der Waals surface area contributed by atoms with Gasteiger partial charge < -0.3 is 10.2 Å². The molecule has 0 saturated carbocycles. The van der Waals surface area contributed by atoms with Gasteiger partial charge in [-0.25, -0.2) is 0 Å². The Morgan fingerprint density at radius 2 is 1.57 bits per heavy atom. The minimum atomic E-state index is -3.94. The molecule has 0 amide bonds. The Bertz CT molecular complexity index is 1130. The Balaban J connectivity index is 2.09. The van der Waals surface area contributed by atoms with Crippen molar-refractivity contribution in [2.24, 2.45) is 5.10 Å². The van der Waals surface area contributed by atoms with Crippen molar-refractivity contribution in [3.05, 3.63) is 86.8 Å². The molecule has 3 rings (SSSR count). The second kappa shape index (κ2) is 8.34. The maximum atomic E-state index is 12.6. The largest absolute Gasteiger partial charge is 0.508 e. The van der Waals surface area contributed by atoms with Crippen LogP contribution >= 0.6 is 31.9 Å². The summed E-state index contributed by atoms with van der Waals surface area (Å²) in [6, 6.07) is 17.4. The van der Waals surface area contributed by atoms with E-state index in [4.69, 9.17) is 0 Å². The van der Waals surface area contributed by atoms with Crippen LogP contribution in [0.3, 0.4) is 0 Å². The number of nitrogens with zero attached hydrogens (tertiary/aromatic N) is 1. The highest BCUT2D eigenvalue weighted by Gasteiger charge is 2.18. The summed E-state index contributed by atoms with van der Waals surface area (Å²) in [5.74, 6) is -0.290. The monoisotopic (exact) mass is 524 g/mol. The van der Waals surface area contributed by atoms with Gasteiger partial charge in [-0.15, -0.1) is 0 Å². The lowest BCUT2D eigenvalue weighted by molar-refractivity contribution is 0.456. The van der Waals surface area contributed by atoms with Crippen LogP contribution in [0.1, 0.15) is 11.1 Å². The predicted molar refractivity (Wildman–Crippen MR) is 114 cm³/mol. The molecule has 144 valence electrons. The molecule has 0 unspecified atom stereocenters. The molecule has 28 heavy (non-hydrogen) atoms. The molecule has 0 saturated heterocycles. The molecule has 3 N–H and O–H groups in total. The van der Waals surface area contributed by atoms with E-state index in [1.807, 2.05) is 0 Å². The van der Waals surface area contributed by atoms with Crippen LogP contribution in [0.2, 0.25) is 0 Å². The molecule has 0 fully saturated rings. The van der Waals surface area contributed by atoms with Gasteiger partial charge in [-0.3, -0.25) is 0 Å². The second-order valence-corrected chi connectivity index (χ2v) is 9.13. The van der Waals surface area contributed by atoms with E-state index < -0.39 is 10.0 Å². The highest BCUT2D eigenvalue weighted by atomic mass is 79.9. The Kier molecular flexibility index (Phi) is 6.07. The zero-order valence-corrected chi connectivity index (χ0v) is 18.2. The molecule has 3 aromatic rings. The lowest BCUT2D eigenvalue weighted by Gasteiger charge is -2.12. The van der Waals surface area contributed by atoms with Gasteiger partial charge in [0.2, 0.25) is 0 Å². The van der Waals surface area contributed by atoms with Gasteiger partial charge >= 0.3 is 0 Å². The summed E-state index contributed by atoms with van der Waals surface area (Å²) in [6.07, 6.45) is 0. The minimum Gasteiger partial charge on any atom is -0.508 e. The predicted octanol–water partition coefficient (Wildman–Crippen LogP) is 4.35. The highest BCUT2D eigenvalue weighted by Crippen LogP contribution is 2.33. The molecule has 0 spiro atoms. The van der Waals surface area contributed by atoms with E-state index >= 15 is 0 Å². The molecule has 0 radical (unpaired) electrons. The van der Waals surface area contributed by atoms with Gasteiger partial charge in [0.05, 0.1) is 9.37 Å². The minimum absolute atomic E-state index is 0.0353. The molecular weight excluding hydrogens is 512 g/mol. The number of halogens is 2. The standard InChI is InChI=1S/C19H14Br2N2O4S/c20-13-6-8-15(9-7-13)28(26,27)23-22-18(12-4-2-1-3-5-12)16-10-14(24)11-17(21)19(16)25/h1-11,23-25H/b22-18+. The van der Waals surface area contributed by atoms with E-state index in [0.29, 0.717) is 5.56 Å². The smallest absolute Gasteiger partial charge is 0.276 e.